The smallest absolute Gasteiger partial charge is 0.353 e. The summed E-state index contributed by atoms with van der Waals surface area (Å²) in [4.78, 5) is 12.3. The first-order valence-electron chi connectivity index (χ1n) is 5.59. The summed E-state index contributed by atoms with van der Waals surface area (Å²) >= 11 is 4.98. The molecule has 110 valence electrons. The molecule has 5 nitrogen and oxygen atoms in total. The number of pyridine rings is 1. The summed E-state index contributed by atoms with van der Waals surface area (Å²) in [5, 5.41) is 13.3. The first kappa shape index (κ1) is 15.0. The highest BCUT2D eigenvalue weighted by molar-refractivity contribution is 7.71. The summed E-state index contributed by atoms with van der Waals surface area (Å²) in [6, 6.07) is 5.87. The second-order valence-corrected chi connectivity index (χ2v) is 4.43. The first-order valence-corrected chi connectivity index (χ1v) is 6.00. The minimum absolute atomic E-state index is 0.0543. The molecule has 2 rings (SSSR count). The second kappa shape index (κ2) is 5.52. The van der Waals surface area contributed by atoms with Crippen molar-refractivity contribution in [2.75, 3.05) is 5.32 Å². The number of rotatable bonds is 3. The summed E-state index contributed by atoms with van der Waals surface area (Å²) in [7, 11) is 0. The molecule has 0 fully saturated rings. The quantitative estimate of drug-likeness (QED) is 0.500. The van der Waals surface area contributed by atoms with Gasteiger partial charge in [0.05, 0.1) is 10.6 Å². The standard InChI is InChI=1S/C12H8F3N3O2S/c13-12(14,15)8-6-7(3-4-10(8)18(19)20)17-9-2-1-5-16-11(9)21/h1-6,17H,(H,16,21). The molecule has 0 amide bonds. The van der Waals surface area contributed by atoms with Crippen LogP contribution < -0.4 is 5.32 Å². The van der Waals surface area contributed by atoms with Gasteiger partial charge in [0.15, 0.2) is 0 Å². The van der Waals surface area contributed by atoms with Crippen molar-refractivity contribution >= 4 is 29.3 Å². The van der Waals surface area contributed by atoms with Crippen molar-refractivity contribution in [2.45, 2.75) is 6.18 Å². The van der Waals surface area contributed by atoms with E-state index in [1.807, 2.05) is 0 Å². The van der Waals surface area contributed by atoms with Gasteiger partial charge >= 0.3 is 6.18 Å². The molecule has 1 aromatic heterocycles. The van der Waals surface area contributed by atoms with Crippen molar-refractivity contribution in [3.8, 4) is 0 Å². The third-order valence-corrected chi connectivity index (χ3v) is 2.93. The van der Waals surface area contributed by atoms with Crippen molar-refractivity contribution in [1.82, 2.24) is 4.98 Å². The summed E-state index contributed by atoms with van der Waals surface area (Å²) in [6.07, 6.45) is -3.25. The lowest BCUT2D eigenvalue weighted by molar-refractivity contribution is -0.388. The molecule has 2 aromatic rings. The Balaban J connectivity index is 2.46. The maximum Gasteiger partial charge on any atom is 0.423 e. The maximum absolute atomic E-state index is 12.8. The van der Waals surface area contributed by atoms with Gasteiger partial charge in [-0.25, -0.2) is 0 Å². The third kappa shape index (κ3) is 3.37. The maximum atomic E-state index is 12.8. The zero-order valence-corrected chi connectivity index (χ0v) is 11.1. The minimum Gasteiger partial charge on any atom is -0.353 e. The van der Waals surface area contributed by atoms with Crippen LogP contribution in [0, 0.1) is 14.8 Å². The van der Waals surface area contributed by atoms with Gasteiger partial charge in [-0.05, 0) is 24.3 Å². The number of hydrogen-bond donors (Lipinski definition) is 2. The van der Waals surface area contributed by atoms with Gasteiger partial charge in [-0.2, -0.15) is 13.2 Å². The van der Waals surface area contributed by atoms with Crippen molar-refractivity contribution in [3.05, 3.63) is 56.8 Å². The Bertz CT molecular complexity index is 743. The summed E-state index contributed by atoms with van der Waals surface area (Å²) in [5.74, 6) is 0. The topological polar surface area (TPSA) is 71.0 Å². The predicted octanol–water partition coefficient (Wildman–Crippen LogP) is 4.41. The van der Waals surface area contributed by atoms with E-state index in [0.717, 1.165) is 6.07 Å². The summed E-state index contributed by atoms with van der Waals surface area (Å²) in [6.45, 7) is 0. The molecule has 0 bridgehead atoms. The van der Waals surface area contributed by atoms with Crippen LogP contribution in [0.4, 0.5) is 30.2 Å². The Labute approximate surface area is 121 Å². The number of anilines is 2. The number of hydrogen-bond acceptors (Lipinski definition) is 4. The highest BCUT2D eigenvalue weighted by Crippen LogP contribution is 2.38. The van der Waals surface area contributed by atoms with Crippen molar-refractivity contribution in [2.24, 2.45) is 0 Å². The number of nitro benzene ring substituents is 1. The molecule has 0 aliphatic carbocycles. The van der Waals surface area contributed by atoms with E-state index in [0.29, 0.717) is 16.4 Å². The van der Waals surface area contributed by atoms with Gasteiger partial charge in [-0.15, -0.1) is 0 Å². The summed E-state index contributed by atoms with van der Waals surface area (Å²) in [5.41, 5.74) is -1.86. The molecular weight excluding hydrogens is 307 g/mol. The van der Waals surface area contributed by atoms with E-state index >= 15 is 0 Å². The van der Waals surface area contributed by atoms with E-state index in [-0.39, 0.29) is 5.69 Å². The lowest BCUT2D eigenvalue weighted by atomic mass is 10.1. The van der Waals surface area contributed by atoms with E-state index < -0.39 is 22.4 Å². The number of aromatic nitrogens is 1. The lowest BCUT2D eigenvalue weighted by Crippen LogP contribution is -2.09. The Morgan fingerprint density at radius 1 is 1.29 bits per heavy atom. The third-order valence-electron chi connectivity index (χ3n) is 2.60. The first-order chi connectivity index (χ1) is 9.79. The molecule has 0 saturated carbocycles. The van der Waals surface area contributed by atoms with E-state index in [1.54, 1.807) is 18.3 Å². The number of aromatic amines is 1. The molecule has 0 unspecified atom stereocenters. The van der Waals surface area contributed by atoms with Crippen LogP contribution in [0.3, 0.4) is 0 Å². The Hall–Kier alpha value is -2.42. The number of halogens is 3. The van der Waals surface area contributed by atoms with Crippen molar-refractivity contribution in [1.29, 1.82) is 0 Å². The Kier molecular flexibility index (Phi) is 3.94. The number of nitrogens with zero attached hydrogens (tertiary/aromatic N) is 1. The molecule has 21 heavy (non-hydrogen) atoms. The van der Waals surface area contributed by atoms with E-state index in [9.17, 15) is 23.3 Å². The number of alkyl halides is 3. The Morgan fingerprint density at radius 2 is 2.00 bits per heavy atom. The molecule has 9 heteroatoms. The van der Waals surface area contributed by atoms with Crippen LogP contribution >= 0.6 is 12.2 Å². The molecule has 0 saturated heterocycles. The van der Waals surface area contributed by atoms with Crippen LogP contribution in [-0.4, -0.2) is 9.91 Å². The normalized spacial score (nSPS) is 11.2. The van der Waals surface area contributed by atoms with Gasteiger partial charge in [0, 0.05) is 18.0 Å². The highest BCUT2D eigenvalue weighted by atomic mass is 32.1. The fourth-order valence-corrected chi connectivity index (χ4v) is 1.86. The lowest BCUT2D eigenvalue weighted by Gasteiger charge is -2.11. The SMILES string of the molecule is O=[N+]([O-])c1ccc(Nc2ccc[nH]c2=S)cc1C(F)(F)F. The average Bonchev–Trinajstić information content (AvgIpc) is 2.40. The van der Waals surface area contributed by atoms with Crippen molar-refractivity contribution < 1.29 is 18.1 Å². The van der Waals surface area contributed by atoms with Gasteiger partial charge in [0.25, 0.3) is 5.69 Å². The largest absolute Gasteiger partial charge is 0.423 e. The fourth-order valence-electron chi connectivity index (χ4n) is 1.68. The van der Waals surface area contributed by atoms with Gasteiger partial charge < -0.3 is 10.3 Å². The fraction of sp³-hybridized carbons (Fsp3) is 0.0833. The van der Waals surface area contributed by atoms with Gasteiger partial charge in [0.2, 0.25) is 0 Å². The molecular formula is C12H8F3N3O2S. The van der Waals surface area contributed by atoms with E-state index in [2.05, 4.69) is 10.3 Å². The zero-order valence-electron chi connectivity index (χ0n) is 10.3. The van der Waals surface area contributed by atoms with Crippen LogP contribution in [0.5, 0.6) is 0 Å². The van der Waals surface area contributed by atoms with Crippen molar-refractivity contribution in [3.63, 3.8) is 0 Å². The second-order valence-electron chi connectivity index (χ2n) is 4.02. The number of nitro groups is 1. The Morgan fingerprint density at radius 3 is 2.57 bits per heavy atom. The molecule has 0 spiro atoms. The average molecular weight is 315 g/mol. The van der Waals surface area contributed by atoms with Gasteiger partial charge in [0.1, 0.15) is 10.2 Å². The summed E-state index contributed by atoms with van der Waals surface area (Å²) < 4.78 is 38.9. The van der Waals surface area contributed by atoms with Crippen LogP contribution in [-0.2, 0) is 6.18 Å². The van der Waals surface area contributed by atoms with Gasteiger partial charge in [-0.1, -0.05) is 12.2 Å². The molecule has 2 N–H and O–H groups in total. The number of nitrogens with one attached hydrogen (secondary N) is 2. The van der Waals surface area contributed by atoms with E-state index in [4.69, 9.17) is 12.2 Å². The molecule has 0 atom stereocenters. The number of H-pyrrole nitrogens is 1. The zero-order chi connectivity index (χ0) is 15.6. The minimum atomic E-state index is -4.82. The predicted molar refractivity (Wildman–Crippen MR) is 73.0 cm³/mol. The van der Waals surface area contributed by atoms with Crippen LogP contribution in [0.25, 0.3) is 0 Å². The highest BCUT2D eigenvalue weighted by Gasteiger charge is 2.38. The van der Waals surface area contributed by atoms with Crippen LogP contribution in [0.2, 0.25) is 0 Å². The molecule has 1 heterocycles. The van der Waals surface area contributed by atoms with Crippen LogP contribution in [0.15, 0.2) is 36.5 Å². The molecule has 0 radical (unpaired) electrons. The monoisotopic (exact) mass is 315 g/mol. The van der Waals surface area contributed by atoms with Crippen LogP contribution in [0.1, 0.15) is 5.56 Å². The molecule has 0 aliphatic rings. The number of benzene rings is 1. The molecule has 1 aromatic carbocycles. The molecule has 0 aliphatic heterocycles. The van der Waals surface area contributed by atoms with Gasteiger partial charge in [-0.3, -0.25) is 10.1 Å². The van der Waals surface area contributed by atoms with E-state index in [1.165, 1.54) is 6.07 Å².